The summed E-state index contributed by atoms with van der Waals surface area (Å²) in [5.41, 5.74) is 2.65. The standard InChI is InChI=1S/C16H24N2O2/c1-19-9-8-17-10-13-2-4-14(5-3-13)18-11-15-6-7-16(12-18)20-15/h2-5,15-17H,6-12H2,1H3. The van der Waals surface area contributed by atoms with Crippen LogP contribution in [0.25, 0.3) is 0 Å². The molecule has 0 aliphatic carbocycles. The average molecular weight is 276 g/mol. The van der Waals surface area contributed by atoms with Gasteiger partial charge in [0, 0.05) is 39.0 Å². The maximum absolute atomic E-state index is 5.89. The SMILES string of the molecule is COCCNCc1ccc(N2CC3CCC(C2)O3)cc1. The summed E-state index contributed by atoms with van der Waals surface area (Å²) in [6.45, 7) is 4.64. The van der Waals surface area contributed by atoms with Gasteiger partial charge in [-0.25, -0.2) is 0 Å². The van der Waals surface area contributed by atoms with Crippen molar-refractivity contribution >= 4 is 5.69 Å². The Morgan fingerprint density at radius 1 is 1.20 bits per heavy atom. The number of nitrogens with one attached hydrogen (secondary N) is 1. The van der Waals surface area contributed by atoms with Gasteiger partial charge >= 0.3 is 0 Å². The summed E-state index contributed by atoms with van der Waals surface area (Å²) in [6, 6.07) is 8.90. The Kier molecular flexibility index (Phi) is 4.55. The molecule has 1 aromatic carbocycles. The molecule has 4 heteroatoms. The highest BCUT2D eigenvalue weighted by Crippen LogP contribution is 2.29. The molecule has 0 spiro atoms. The molecule has 2 aliphatic heterocycles. The molecule has 2 atom stereocenters. The van der Waals surface area contributed by atoms with Crippen molar-refractivity contribution in [3.05, 3.63) is 29.8 Å². The van der Waals surface area contributed by atoms with Gasteiger partial charge in [-0.15, -0.1) is 0 Å². The molecule has 0 aromatic heterocycles. The average Bonchev–Trinajstić information content (AvgIpc) is 2.83. The first-order valence-electron chi connectivity index (χ1n) is 7.54. The lowest BCUT2D eigenvalue weighted by atomic mass is 10.1. The number of hydrogen-bond acceptors (Lipinski definition) is 4. The fraction of sp³-hybridized carbons (Fsp3) is 0.625. The lowest BCUT2D eigenvalue weighted by Gasteiger charge is -2.33. The zero-order chi connectivity index (χ0) is 13.8. The van der Waals surface area contributed by atoms with Crippen LogP contribution in [0.15, 0.2) is 24.3 Å². The van der Waals surface area contributed by atoms with Gasteiger partial charge in [0.05, 0.1) is 18.8 Å². The van der Waals surface area contributed by atoms with E-state index in [1.165, 1.54) is 24.1 Å². The van der Waals surface area contributed by atoms with Gasteiger partial charge in [-0.05, 0) is 30.5 Å². The summed E-state index contributed by atoms with van der Waals surface area (Å²) < 4.78 is 10.9. The van der Waals surface area contributed by atoms with Crippen molar-refractivity contribution in [1.82, 2.24) is 5.32 Å². The maximum Gasteiger partial charge on any atom is 0.0755 e. The quantitative estimate of drug-likeness (QED) is 0.803. The molecule has 1 aromatic rings. The number of anilines is 1. The van der Waals surface area contributed by atoms with Gasteiger partial charge in [0.2, 0.25) is 0 Å². The predicted molar refractivity (Wildman–Crippen MR) is 80.1 cm³/mol. The van der Waals surface area contributed by atoms with Gasteiger partial charge in [-0.2, -0.15) is 0 Å². The van der Waals surface area contributed by atoms with E-state index in [0.717, 1.165) is 32.8 Å². The van der Waals surface area contributed by atoms with Gasteiger partial charge < -0.3 is 19.7 Å². The van der Waals surface area contributed by atoms with Crippen molar-refractivity contribution in [2.45, 2.75) is 31.6 Å². The normalized spacial score (nSPS) is 25.1. The molecule has 20 heavy (non-hydrogen) atoms. The fourth-order valence-electron chi connectivity index (χ4n) is 3.06. The van der Waals surface area contributed by atoms with Crippen molar-refractivity contribution < 1.29 is 9.47 Å². The first-order valence-corrected chi connectivity index (χ1v) is 7.54. The Hall–Kier alpha value is -1.10. The van der Waals surface area contributed by atoms with Crippen LogP contribution in [-0.2, 0) is 16.0 Å². The molecule has 2 unspecified atom stereocenters. The number of methoxy groups -OCH3 is 1. The van der Waals surface area contributed by atoms with Crippen molar-refractivity contribution in [2.75, 3.05) is 38.3 Å². The van der Waals surface area contributed by atoms with Gasteiger partial charge in [0.1, 0.15) is 0 Å². The Morgan fingerprint density at radius 2 is 1.90 bits per heavy atom. The van der Waals surface area contributed by atoms with Crippen LogP contribution in [0.2, 0.25) is 0 Å². The van der Waals surface area contributed by atoms with E-state index in [-0.39, 0.29) is 0 Å². The summed E-state index contributed by atoms with van der Waals surface area (Å²) in [6.07, 6.45) is 3.35. The molecule has 2 saturated heterocycles. The Balaban J connectivity index is 1.53. The van der Waals surface area contributed by atoms with E-state index in [0.29, 0.717) is 12.2 Å². The second kappa shape index (κ2) is 6.57. The molecular weight excluding hydrogens is 252 g/mol. The summed E-state index contributed by atoms with van der Waals surface area (Å²) in [4.78, 5) is 2.47. The molecule has 0 amide bonds. The number of hydrogen-bond donors (Lipinski definition) is 1. The molecule has 0 saturated carbocycles. The van der Waals surface area contributed by atoms with Crippen molar-refractivity contribution in [2.24, 2.45) is 0 Å². The summed E-state index contributed by atoms with van der Waals surface area (Å²) in [5.74, 6) is 0. The number of ether oxygens (including phenoxy) is 2. The molecule has 0 radical (unpaired) electrons. The Bertz CT molecular complexity index is 409. The molecule has 2 aliphatic rings. The molecule has 3 rings (SSSR count). The molecule has 2 heterocycles. The first kappa shape index (κ1) is 13.9. The van der Waals surface area contributed by atoms with E-state index in [2.05, 4.69) is 34.5 Å². The van der Waals surface area contributed by atoms with Crippen LogP contribution in [0.1, 0.15) is 18.4 Å². The van der Waals surface area contributed by atoms with E-state index < -0.39 is 0 Å². The summed E-state index contributed by atoms with van der Waals surface area (Å²) in [7, 11) is 1.73. The minimum absolute atomic E-state index is 0.448. The number of fused-ring (bicyclic) bond motifs is 2. The maximum atomic E-state index is 5.89. The topological polar surface area (TPSA) is 33.7 Å². The van der Waals surface area contributed by atoms with E-state index in [9.17, 15) is 0 Å². The zero-order valence-corrected chi connectivity index (χ0v) is 12.2. The highest BCUT2D eigenvalue weighted by Gasteiger charge is 2.33. The zero-order valence-electron chi connectivity index (χ0n) is 12.2. The number of benzene rings is 1. The first-order chi connectivity index (χ1) is 9.85. The molecule has 2 fully saturated rings. The predicted octanol–water partition coefficient (Wildman–Crippen LogP) is 1.79. The van der Waals surface area contributed by atoms with E-state index >= 15 is 0 Å². The molecule has 2 bridgehead atoms. The minimum atomic E-state index is 0.448. The van der Waals surface area contributed by atoms with E-state index in [1.54, 1.807) is 7.11 Å². The second-order valence-corrected chi connectivity index (χ2v) is 5.70. The number of rotatable bonds is 6. The molecule has 110 valence electrons. The van der Waals surface area contributed by atoms with E-state index in [1.807, 2.05) is 0 Å². The Morgan fingerprint density at radius 3 is 2.55 bits per heavy atom. The highest BCUT2D eigenvalue weighted by molar-refractivity contribution is 5.48. The highest BCUT2D eigenvalue weighted by atomic mass is 16.5. The van der Waals surface area contributed by atoms with Crippen LogP contribution in [-0.4, -0.2) is 45.6 Å². The largest absolute Gasteiger partial charge is 0.383 e. The van der Waals surface area contributed by atoms with Crippen LogP contribution in [0, 0.1) is 0 Å². The van der Waals surface area contributed by atoms with E-state index in [4.69, 9.17) is 9.47 Å². The summed E-state index contributed by atoms with van der Waals surface area (Å²) in [5, 5.41) is 3.37. The van der Waals surface area contributed by atoms with Crippen LogP contribution in [0.4, 0.5) is 5.69 Å². The molecule has 1 N–H and O–H groups in total. The van der Waals surface area contributed by atoms with Crippen molar-refractivity contribution in [1.29, 1.82) is 0 Å². The van der Waals surface area contributed by atoms with Gasteiger partial charge in [-0.3, -0.25) is 0 Å². The monoisotopic (exact) mass is 276 g/mol. The lowest BCUT2D eigenvalue weighted by molar-refractivity contribution is 0.0305. The van der Waals surface area contributed by atoms with Gasteiger partial charge in [0.25, 0.3) is 0 Å². The molecule has 4 nitrogen and oxygen atoms in total. The van der Waals surface area contributed by atoms with Crippen molar-refractivity contribution in [3.63, 3.8) is 0 Å². The van der Waals surface area contributed by atoms with Crippen molar-refractivity contribution in [3.8, 4) is 0 Å². The summed E-state index contributed by atoms with van der Waals surface area (Å²) >= 11 is 0. The van der Waals surface area contributed by atoms with Gasteiger partial charge in [-0.1, -0.05) is 12.1 Å². The van der Waals surface area contributed by atoms with Gasteiger partial charge in [0.15, 0.2) is 0 Å². The fourth-order valence-corrected chi connectivity index (χ4v) is 3.06. The third-order valence-corrected chi connectivity index (χ3v) is 4.16. The van der Waals surface area contributed by atoms with Crippen LogP contribution < -0.4 is 10.2 Å². The third-order valence-electron chi connectivity index (χ3n) is 4.16. The number of nitrogens with zero attached hydrogens (tertiary/aromatic N) is 1. The second-order valence-electron chi connectivity index (χ2n) is 5.70. The van der Waals surface area contributed by atoms with Crippen LogP contribution >= 0.6 is 0 Å². The third kappa shape index (κ3) is 3.32. The lowest BCUT2D eigenvalue weighted by Crippen LogP contribution is -2.42. The van der Waals surface area contributed by atoms with Crippen LogP contribution in [0.5, 0.6) is 0 Å². The molecular formula is C16H24N2O2. The minimum Gasteiger partial charge on any atom is -0.383 e. The smallest absolute Gasteiger partial charge is 0.0755 e. The Labute approximate surface area is 121 Å². The van der Waals surface area contributed by atoms with Crippen LogP contribution in [0.3, 0.4) is 0 Å². The number of morpholine rings is 1.